The molecule has 166 valence electrons. The molecule has 0 aliphatic carbocycles. The number of thiazole rings is 1. The molecule has 3 heterocycles. The van der Waals surface area contributed by atoms with Crippen LogP contribution in [0.3, 0.4) is 0 Å². The van der Waals surface area contributed by atoms with Gasteiger partial charge < -0.3 is 9.80 Å². The van der Waals surface area contributed by atoms with Gasteiger partial charge in [-0.05, 0) is 44.7 Å². The van der Waals surface area contributed by atoms with E-state index in [9.17, 15) is 9.59 Å². The van der Waals surface area contributed by atoms with Crippen molar-refractivity contribution in [3.05, 3.63) is 45.9 Å². The Bertz CT molecular complexity index is 898. The van der Waals surface area contributed by atoms with Crippen molar-refractivity contribution in [2.45, 2.75) is 56.1 Å². The Morgan fingerprint density at radius 2 is 1.74 bits per heavy atom. The van der Waals surface area contributed by atoms with Crippen molar-refractivity contribution >= 4 is 34.9 Å². The second-order valence-corrected chi connectivity index (χ2v) is 10.5. The van der Waals surface area contributed by atoms with Crippen LogP contribution in [0.1, 0.15) is 59.6 Å². The molecule has 0 N–H and O–H groups in total. The number of aromatic nitrogens is 1. The van der Waals surface area contributed by atoms with Crippen LogP contribution in [0.15, 0.2) is 34.5 Å². The molecule has 2 saturated heterocycles. The van der Waals surface area contributed by atoms with E-state index in [0.29, 0.717) is 19.0 Å². The highest BCUT2D eigenvalue weighted by molar-refractivity contribution is 7.98. The molecule has 2 aliphatic heterocycles. The minimum Gasteiger partial charge on any atom is -0.342 e. The lowest BCUT2D eigenvalue weighted by Gasteiger charge is -2.34. The molecule has 0 spiro atoms. The predicted octanol–water partition coefficient (Wildman–Crippen LogP) is 5.00. The summed E-state index contributed by atoms with van der Waals surface area (Å²) in [6, 6.07) is 7.86. The number of benzene rings is 1. The van der Waals surface area contributed by atoms with Crippen LogP contribution < -0.4 is 0 Å². The maximum Gasteiger partial charge on any atom is 0.254 e. The Labute approximate surface area is 193 Å². The number of piperidine rings is 1. The maximum absolute atomic E-state index is 13.3. The standard InChI is InChI=1S/C24H31N3O2S2/c1-18-25-20(16-30-18)17-31-22-9-5-4-8-21(22)24(29)27-14-10-19(11-15-27)23(28)26-12-6-2-3-7-13-26/h4-5,8-9,16,19H,2-3,6-7,10-15,17H2,1H3. The fourth-order valence-electron chi connectivity index (χ4n) is 4.44. The molecule has 1 aromatic heterocycles. The molecule has 2 aliphatic rings. The van der Waals surface area contributed by atoms with E-state index in [1.165, 1.54) is 12.8 Å². The smallest absolute Gasteiger partial charge is 0.254 e. The molecule has 1 aromatic carbocycles. The average Bonchev–Trinajstić information content (AvgIpc) is 3.04. The third-order valence-corrected chi connectivity index (χ3v) is 8.14. The van der Waals surface area contributed by atoms with Crippen molar-refractivity contribution in [2.24, 2.45) is 5.92 Å². The molecule has 2 amide bonds. The Morgan fingerprint density at radius 3 is 2.42 bits per heavy atom. The average molecular weight is 458 g/mol. The number of hydrogen-bond donors (Lipinski definition) is 0. The highest BCUT2D eigenvalue weighted by atomic mass is 32.2. The van der Waals surface area contributed by atoms with Crippen molar-refractivity contribution in [1.29, 1.82) is 0 Å². The van der Waals surface area contributed by atoms with Crippen molar-refractivity contribution in [3.63, 3.8) is 0 Å². The summed E-state index contributed by atoms with van der Waals surface area (Å²) < 4.78 is 0. The molecule has 4 rings (SSSR count). The molecule has 0 bridgehead atoms. The number of nitrogens with zero attached hydrogens (tertiary/aromatic N) is 3. The number of aryl methyl sites for hydroxylation is 1. The number of amides is 2. The molecular formula is C24H31N3O2S2. The monoisotopic (exact) mass is 457 g/mol. The van der Waals surface area contributed by atoms with Gasteiger partial charge in [0, 0.05) is 48.1 Å². The van der Waals surface area contributed by atoms with E-state index >= 15 is 0 Å². The molecule has 0 atom stereocenters. The summed E-state index contributed by atoms with van der Waals surface area (Å²) in [7, 11) is 0. The fourth-order valence-corrected chi connectivity index (χ4v) is 6.10. The van der Waals surface area contributed by atoms with Gasteiger partial charge in [-0.15, -0.1) is 23.1 Å². The van der Waals surface area contributed by atoms with Gasteiger partial charge in [-0.2, -0.15) is 0 Å². The van der Waals surface area contributed by atoms with Crippen LogP contribution in [0.2, 0.25) is 0 Å². The number of carbonyl (C=O) groups excluding carboxylic acids is 2. The fraction of sp³-hybridized carbons (Fsp3) is 0.542. The van der Waals surface area contributed by atoms with E-state index in [-0.39, 0.29) is 11.8 Å². The van der Waals surface area contributed by atoms with E-state index in [1.807, 2.05) is 36.1 Å². The molecule has 2 aromatic rings. The number of likely N-dealkylation sites (tertiary alicyclic amines) is 2. The van der Waals surface area contributed by atoms with Crippen molar-refractivity contribution in [2.75, 3.05) is 26.2 Å². The number of rotatable bonds is 5. The Hall–Kier alpha value is -1.86. The summed E-state index contributed by atoms with van der Waals surface area (Å²) in [5.41, 5.74) is 1.82. The summed E-state index contributed by atoms with van der Waals surface area (Å²) in [5, 5.41) is 3.15. The van der Waals surface area contributed by atoms with Crippen LogP contribution in [-0.2, 0) is 10.5 Å². The number of hydrogen-bond acceptors (Lipinski definition) is 5. The largest absolute Gasteiger partial charge is 0.342 e. The van der Waals surface area contributed by atoms with Crippen molar-refractivity contribution in [3.8, 4) is 0 Å². The van der Waals surface area contributed by atoms with E-state index in [0.717, 1.165) is 65.7 Å². The van der Waals surface area contributed by atoms with Gasteiger partial charge >= 0.3 is 0 Å². The Kier molecular flexibility index (Phi) is 7.67. The van der Waals surface area contributed by atoms with Gasteiger partial charge in [0.2, 0.25) is 5.91 Å². The normalized spacial score (nSPS) is 18.1. The summed E-state index contributed by atoms with van der Waals surface area (Å²) in [5.74, 6) is 1.22. The third-order valence-electron chi connectivity index (χ3n) is 6.21. The minimum atomic E-state index is 0.0691. The summed E-state index contributed by atoms with van der Waals surface area (Å²) >= 11 is 3.32. The molecule has 7 heteroatoms. The van der Waals surface area contributed by atoms with E-state index < -0.39 is 0 Å². The topological polar surface area (TPSA) is 53.5 Å². The molecule has 0 radical (unpaired) electrons. The number of carbonyl (C=O) groups is 2. The molecule has 31 heavy (non-hydrogen) atoms. The Morgan fingerprint density at radius 1 is 1.03 bits per heavy atom. The van der Waals surface area contributed by atoms with Crippen LogP contribution in [0.5, 0.6) is 0 Å². The lowest BCUT2D eigenvalue weighted by Crippen LogP contribution is -2.44. The number of thioether (sulfide) groups is 1. The van der Waals surface area contributed by atoms with E-state index in [1.54, 1.807) is 23.1 Å². The lowest BCUT2D eigenvalue weighted by molar-refractivity contribution is -0.136. The highest BCUT2D eigenvalue weighted by Crippen LogP contribution is 2.29. The van der Waals surface area contributed by atoms with Gasteiger partial charge in [0.05, 0.1) is 16.3 Å². The SMILES string of the molecule is Cc1nc(CSc2ccccc2C(=O)N2CCC(C(=O)N3CCCCCC3)CC2)cs1. The molecular weight excluding hydrogens is 426 g/mol. The molecule has 0 saturated carbocycles. The maximum atomic E-state index is 13.3. The zero-order valence-corrected chi connectivity index (χ0v) is 19.8. The summed E-state index contributed by atoms with van der Waals surface area (Å²) in [6.45, 7) is 5.14. The van der Waals surface area contributed by atoms with Crippen molar-refractivity contribution in [1.82, 2.24) is 14.8 Å². The minimum absolute atomic E-state index is 0.0691. The first-order chi connectivity index (χ1) is 15.1. The predicted molar refractivity (Wildman–Crippen MR) is 127 cm³/mol. The third kappa shape index (κ3) is 5.69. The molecule has 5 nitrogen and oxygen atoms in total. The van der Waals surface area contributed by atoms with Crippen LogP contribution in [-0.4, -0.2) is 52.8 Å². The first kappa shape index (κ1) is 22.3. The Balaban J connectivity index is 1.34. The van der Waals surface area contributed by atoms with Gasteiger partial charge in [-0.25, -0.2) is 4.98 Å². The molecule has 0 unspecified atom stereocenters. The zero-order valence-electron chi connectivity index (χ0n) is 18.2. The highest BCUT2D eigenvalue weighted by Gasteiger charge is 2.31. The zero-order chi connectivity index (χ0) is 21.6. The second kappa shape index (κ2) is 10.6. The van der Waals surface area contributed by atoms with Gasteiger partial charge in [0.15, 0.2) is 0 Å². The van der Waals surface area contributed by atoms with Gasteiger partial charge in [0.25, 0.3) is 5.91 Å². The van der Waals surface area contributed by atoms with Crippen molar-refractivity contribution < 1.29 is 9.59 Å². The summed E-state index contributed by atoms with van der Waals surface area (Å²) in [4.78, 5) is 35.7. The van der Waals surface area contributed by atoms with Gasteiger partial charge in [-0.3, -0.25) is 9.59 Å². The quantitative estimate of drug-likeness (QED) is 0.593. The van der Waals surface area contributed by atoms with Crippen LogP contribution >= 0.6 is 23.1 Å². The summed E-state index contributed by atoms with van der Waals surface area (Å²) in [6.07, 6.45) is 6.26. The van der Waals surface area contributed by atoms with Crippen LogP contribution in [0.25, 0.3) is 0 Å². The van der Waals surface area contributed by atoms with E-state index in [2.05, 4.69) is 15.3 Å². The lowest BCUT2D eigenvalue weighted by atomic mass is 9.94. The van der Waals surface area contributed by atoms with E-state index in [4.69, 9.17) is 0 Å². The second-order valence-electron chi connectivity index (χ2n) is 8.45. The molecule has 2 fully saturated rings. The van der Waals surface area contributed by atoms with Gasteiger partial charge in [0.1, 0.15) is 0 Å². The first-order valence-corrected chi connectivity index (χ1v) is 13.2. The van der Waals surface area contributed by atoms with Crippen LogP contribution in [0, 0.1) is 12.8 Å². The van der Waals surface area contributed by atoms with Gasteiger partial charge in [-0.1, -0.05) is 25.0 Å². The van der Waals surface area contributed by atoms with Crippen LogP contribution in [0.4, 0.5) is 0 Å². The first-order valence-electron chi connectivity index (χ1n) is 11.3.